The van der Waals surface area contributed by atoms with Crippen molar-refractivity contribution in [1.29, 1.82) is 0 Å². The molecule has 0 bridgehead atoms. The second-order valence-corrected chi connectivity index (χ2v) is 4.16. The Morgan fingerprint density at radius 3 is 2.12 bits per heavy atom. The molecule has 0 rings (SSSR count). The highest BCUT2D eigenvalue weighted by molar-refractivity contribution is 5.98. The van der Waals surface area contributed by atoms with Gasteiger partial charge < -0.3 is 4.74 Å². The van der Waals surface area contributed by atoms with E-state index in [1.165, 1.54) is 12.8 Å². The summed E-state index contributed by atoms with van der Waals surface area (Å²) in [4.78, 5) is 22.7. The number of hydrogen-bond acceptors (Lipinski definition) is 3. The van der Waals surface area contributed by atoms with E-state index in [0.717, 1.165) is 19.3 Å². The molecule has 0 unspecified atom stereocenters. The van der Waals surface area contributed by atoms with E-state index in [2.05, 4.69) is 6.92 Å². The van der Waals surface area contributed by atoms with Crippen LogP contribution in [0.2, 0.25) is 0 Å². The van der Waals surface area contributed by atoms with Crippen molar-refractivity contribution in [2.24, 2.45) is 0 Å². The van der Waals surface area contributed by atoms with Gasteiger partial charge in [0.1, 0.15) is 11.6 Å². The zero-order chi connectivity index (χ0) is 12.2. The lowest BCUT2D eigenvalue weighted by atomic mass is 10.0. The highest BCUT2D eigenvalue weighted by Gasteiger charge is 2.08. The van der Waals surface area contributed by atoms with Gasteiger partial charge in [0.05, 0.1) is 6.42 Å². The molecular weight excluding hydrogens is 204 g/mol. The average Bonchev–Trinajstić information content (AvgIpc) is 2.25. The highest BCUT2D eigenvalue weighted by Crippen LogP contribution is 2.06. The maximum atomic E-state index is 11.4. The van der Waals surface area contributed by atoms with Gasteiger partial charge in [-0.3, -0.25) is 9.59 Å². The Bertz CT molecular complexity index is 199. The monoisotopic (exact) mass is 228 g/mol. The second kappa shape index (κ2) is 10.8. The van der Waals surface area contributed by atoms with Gasteiger partial charge in [-0.1, -0.05) is 26.2 Å². The van der Waals surface area contributed by atoms with Gasteiger partial charge in [-0.25, -0.2) is 0 Å². The molecule has 94 valence electrons. The third-order valence-corrected chi connectivity index (χ3v) is 2.51. The Morgan fingerprint density at radius 1 is 0.938 bits per heavy atom. The first-order valence-electron chi connectivity index (χ1n) is 6.23. The molecule has 0 aromatic rings. The number of hydrogen-bond donors (Lipinski definition) is 0. The van der Waals surface area contributed by atoms with Crippen LogP contribution in [-0.4, -0.2) is 25.3 Å². The van der Waals surface area contributed by atoms with Gasteiger partial charge in [0.2, 0.25) is 0 Å². The highest BCUT2D eigenvalue weighted by atomic mass is 16.5. The Hall–Kier alpha value is -0.700. The van der Waals surface area contributed by atoms with E-state index in [4.69, 9.17) is 4.74 Å². The first kappa shape index (κ1) is 15.3. The first-order chi connectivity index (χ1) is 7.70. The van der Waals surface area contributed by atoms with Crippen LogP contribution in [0.4, 0.5) is 0 Å². The Kier molecular flexibility index (Phi) is 10.3. The summed E-state index contributed by atoms with van der Waals surface area (Å²) in [7, 11) is 1.61. The summed E-state index contributed by atoms with van der Waals surface area (Å²) in [5.74, 6) is 0.149. The smallest absolute Gasteiger partial charge is 0.140 e. The van der Waals surface area contributed by atoms with Crippen LogP contribution in [-0.2, 0) is 14.3 Å². The zero-order valence-corrected chi connectivity index (χ0v) is 10.6. The number of unbranched alkanes of at least 4 members (excludes halogenated alkanes) is 3. The lowest BCUT2D eigenvalue weighted by molar-refractivity contribution is -0.127. The van der Waals surface area contributed by atoms with Gasteiger partial charge in [-0.15, -0.1) is 0 Å². The summed E-state index contributed by atoms with van der Waals surface area (Å²) < 4.78 is 4.85. The number of rotatable bonds is 11. The fraction of sp³-hybridized carbons (Fsp3) is 0.846. The van der Waals surface area contributed by atoms with Crippen molar-refractivity contribution in [3.8, 4) is 0 Å². The Balaban J connectivity index is 3.43. The minimum Gasteiger partial charge on any atom is -0.385 e. The zero-order valence-electron chi connectivity index (χ0n) is 10.6. The number of Topliss-reactive ketones (excluding diaryl/α,β-unsaturated/α-hetero) is 2. The van der Waals surface area contributed by atoms with E-state index in [0.29, 0.717) is 19.4 Å². The normalized spacial score (nSPS) is 10.4. The van der Waals surface area contributed by atoms with E-state index in [1.54, 1.807) is 7.11 Å². The molecule has 0 heterocycles. The summed E-state index contributed by atoms with van der Waals surface area (Å²) in [6.07, 6.45) is 6.25. The van der Waals surface area contributed by atoms with Crippen LogP contribution < -0.4 is 0 Å². The van der Waals surface area contributed by atoms with E-state index in [9.17, 15) is 9.59 Å². The SMILES string of the molecule is CCCCCCC(=O)CC(=O)CCCOC. The third-order valence-electron chi connectivity index (χ3n) is 2.51. The van der Waals surface area contributed by atoms with Gasteiger partial charge in [-0.2, -0.15) is 0 Å². The molecule has 0 N–H and O–H groups in total. The van der Waals surface area contributed by atoms with Crippen LogP contribution in [0.15, 0.2) is 0 Å². The number of ether oxygens (including phenoxy) is 1. The average molecular weight is 228 g/mol. The quantitative estimate of drug-likeness (QED) is 0.403. The lowest BCUT2D eigenvalue weighted by Gasteiger charge is -2.01. The number of carbonyl (C=O) groups is 2. The van der Waals surface area contributed by atoms with E-state index in [-0.39, 0.29) is 18.0 Å². The molecule has 0 saturated heterocycles. The fourth-order valence-electron chi connectivity index (χ4n) is 1.56. The van der Waals surface area contributed by atoms with Crippen LogP contribution in [0.1, 0.15) is 58.3 Å². The Morgan fingerprint density at radius 2 is 1.56 bits per heavy atom. The summed E-state index contributed by atoms with van der Waals surface area (Å²) in [5, 5.41) is 0. The molecular formula is C13H24O3. The first-order valence-corrected chi connectivity index (χ1v) is 6.23. The lowest BCUT2D eigenvalue weighted by Crippen LogP contribution is -2.08. The van der Waals surface area contributed by atoms with Gasteiger partial charge in [0, 0.05) is 26.6 Å². The minimum absolute atomic E-state index is 0.0533. The minimum atomic E-state index is 0.0533. The van der Waals surface area contributed by atoms with Crippen molar-refractivity contribution >= 4 is 11.6 Å². The molecule has 16 heavy (non-hydrogen) atoms. The Labute approximate surface area is 98.6 Å². The van der Waals surface area contributed by atoms with E-state index >= 15 is 0 Å². The molecule has 0 saturated carbocycles. The van der Waals surface area contributed by atoms with Crippen molar-refractivity contribution in [3.63, 3.8) is 0 Å². The molecule has 0 fully saturated rings. The summed E-state index contributed by atoms with van der Waals surface area (Å²) >= 11 is 0. The topological polar surface area (TPSA) is 43.4 Å². The number of carbonyl (C=O) groups excluding carboxylic acids is 2. The van der Waals surface area contributed by atoms with Gasteiger partial charge in [0.15, 0.2) is 0 Å². The van der Waals surface area contributed by atoms with Crippen LogP contribution >= 0.6 is 0 Å². The standard InChI is InChI=1S/C13H24O3/c1-3-4-5-6-8-12(14)11-13(15)9-7-10-16-2/h3-11H2,1-2H3. The van der Waals surface area contributed by atoms with Crippen LogP contribution in [0, 0.1) is 0 Å². The fourth-order valence-corrected chi connectivity index (χ4v) is 1.56. The van der Waals surface area contributed by atoms with Crippen molar-refractivity contribution in [2.45, 2.75) is 58.3 Å². The van der Waals surface area contributed by atoms with Crippen molar-refractivity contribution in [2.75, 3.05) is 13.7 Å². The van der Waals surface area contributed by atoms with Crippen molar-refractivity contribution < 1.29 is 14.3 Å². The molecule has 0 aliphatic heterocycles. The molecule has 0 aromatic carbocycles. The molecule has 0 spiro atoms. The van der Waals surface area contributed by atoms with Crippen molar-refractivity contribution in [3.05, 3.63) is 0 Å². The maximum Gasteiger partial charge on any atom is 0.140 e. The molecule has 0 amide bonds. The molecule has 0 atom stereocenters. The van der Waals surface area contributed by atoms with Crippen molar-refractivity contribution in [1.82, 2.24) is 0 Å². The maximum absolute atomic E-state index is 11.4. The molecule has 0 aliphatic rings. The third kappa shape index (κ3) is 9.84. The predicted molar refractivity (Wildman–Crippen MR) is 64.5 cm³/mol. The summed E-state index contributed by atoms with van der Waals surface area (Å²) in [5.41, 5.74) is 0. The van der Waals surface area contributed by atoms with Crippen LogP contribution in [0.25, 0.3) is 0 Å². The second-order valence-electron chi connectivity index (χ2n) is 4.16. The predicted octanol–water partition coefficient (Wildman–Crippen LogP) is 2.91. The van der Waals surface area contributed by atoms with Gasteiger partial charge in [-0.05, 0) is 12.8 Å². The van der Waals surface area contributed by atoms with E-state index < -0.39 is 0 Å². The van der Waals surface area contributed by atoms with Crippen LogP contribution in [0.3, 0.4) is 0 Å². The van der Waals surface area contributed by atoms with Gasteiger partial charge >= 0.3 is 0 Å². The van der Waals surface area contributed by atoms with Gasteiger partial charge in [0.25, 0.3) is 0 Å². The molecule has 0 aliphatic carbocycles. The molecule has 3 heteroatoms. The largest absolute Gasteiger partial charge is 0.385 e. The molecule has 0 radical (unpaired) electrons. The molecule has 3 nitrogen and oxygen atoms in total. The summed E-state index contributed by atoms with van der Waals surface area (Å²) in [6, 6.07) is 0. The summed E-state index contributed by atoms with van der Waals surface area (Å²) in [6.45, 7) is 2.73. The number of methoxy groups -OCH3 is 1. The van der Waals surface area contributed by atoms with Crippen LogP contribution in [0.5, 0.6) is 0 Å². The van der Waals surface area contributed by atoms with E-state index in [1.807, 2.05) is 0 Å². The number of ketones is 2. The molecule has 0 aromatic heterocycles.